The first-order valence-electron chi connectivity index (χ1n) is 8.54. The number of rotatable bonds is 5. The van der Waals surface area contributed by atoms with Gasteiger partial charge in [-0.2, -0.15) is 13.2 Å². The molecule has 1 saturated heterocycles. The molecule has 2 unspecified atom stereocenters. The van der Waals surface area contributed by atoms with Gasteiger partial charge in [0.05, 0.1) is 23.5 Å². The highest BCUT2D eigenvalue weighted by atomic mass is 32.2. The average Bonchev–Trinajstić information content (AvgIpc) is 2.99. The molecule has 28 heavy (non-hydrogen) atoms. The molecule has 2 atom stereocenters. The average molecular weight is 432 g/mol. The van der Waals surface area contributed by atoms with E-state index >= 15 is 0 Å². The molecule has 2 aromatic rings. The first kappa shape index (κ1) is 21.0. The van der Waals surface area contributed by atoms with E-state index in [0.29, 0.717) is 11.7 Å². The Morgan fingerprint density at radius 2 is 2.11 bits per heavy atom. The molecule has 0 bridgehead atoms. The number of thiazole rings is 1. The zero-order valence-electron chi connectivity index (χ0n) is 15.2. The van der Waals surface area contributed by atoms with Crippen LogP contribution >= 0.6 is 23.1 Å². The number of nitrogens with one attached hydrogen (secondary N) is 1. The number of aromatic nitrogens is 2. The van der Waals surface area contributed by atoms with Crippen molar-refractivity contribution in [2.75, 3.05) is 18.4 Å². The van der Waals surface area contributed by atoms with Gasteiger partial charge in [0.2, 0.25) is 0 Å². The molecule has 11 heteroatoms. The zero-order valence-corrected chi connectivity index (χ0v) is 16.8. The summed E-state index contributed by atoms with van der Waals surface area (Å²) in [5, 5.41) is 4.34. The van der Waals surface area contributed by atoms with Crippen molar-refractivity contribution in [2.45, 2.75) is 43.1 Å². The summed E-state index contributed by atoms with van der Waals surface area (Å²) < 4.78 is 43.7. The van der Waals surface area contributed by atoms with Crippen LogP contribution in [0, 0.1) is 0 Å². The standard InChI is InChI=1S/C17H19F3N4O2S2/c1-10-6-24(7-11(2)26-10)8-12-9-27-16(22-12)23-14(25)13-4-3-5-21-15(13)28-17(18,19)20/h3-5,9-11H,6-8H2,1-2H3,(H,22,23,25). The Bertz CT molecular complexity index is 821. The molecule has 0 aromatic carbocycles. The highest BCUT2D eigenvalue weighted by Crippen LogP contribution is 2.37. The van der Waals surface area contributed by atoms with Gasteiger partial charge in [0.1, 0.15) is 5.03 Å². The summed E-state index contributed by atoms with van der Waals surface area (Å²) in [6.07, 6.45) is 1.49. The SMILES string of the molecule is CC1CN(Cc2csc(NC(=O)c3cccnc3SC(F)(F)F)n2)CC(C)O1. The highest BCUT2D eigenvalue weighted by molar-refractivity contribution is 8.00. The molecule has 0 aliphatic carbocycles. The number of thioether (sulfide) groups is 1. The lowest BCUT2D eigenvalue weighted by Gasteiger charge is -2.34. The summed E-state index contributed by atoms with van der Waals surface area (Å²) in [6.45, 7) is 6.22. The number of hydrogen-bond donors (Lipinski definition) is 1. The van der Waals surface area contributed by atoms with E-state index in [1.807, 2.05) is 19.2 Å². The van der Waals surface area contributed by atoms with Crippen LogP contribution in [0.25, 0.3) is 0 Å². The second kappa shape index (κ2) is 8.76. The molecule has 1 fully saturated rings. The Kier molecular flexibility index (Phi) is 6.58. The van der Waals surface area contributed by atoms with E-state index in [4.69, 9.17) is 4.74 Å². The number of carbonyl (C=O) groups is 1. The van der Waals surface area contributed by atoms with Crippen molar-refractivity contribution < 1.29 is 22.7 Å². The fraction of sp³-hybridized carbons (Fsp3) is 0.471. The van der Waals surface area contributed by atoms with Crippen molar-refractivity contribution in [3.63, 3.8) is 0 Å². The second-order valence-electron chi connectivity index (χ2n) is 6.45. The number of morpholine rings is 1. The summed E-state index contributed by atoms with van der Waals surface area (Å²) in [4.78, 5) is 22.7. The predicted octanol–water partition coefficient (Wildman–Crippen LogP) is 4.01. The van der Waals surface area contributed by atoms with Gasteiger partial charge >= 0.3 is 5.51 Å². The molecule has 0 saturated carbocycles. The monoisotopic (exact) mass is 432 g/mol. The van der Waals surface area contributed by atoms with Gasteiger partial charge in [-0.1, -0.05) is 0 Å². The van der Waals surface area contributed by atoms with Gasteiger partial charge < -0.3 is 4.74 Å². The number of ether oxygens (including phenoxy) is 1. The van der Waals surface area contributed by atoms with Crippen molar-refractivity contribution >= 4 is 34.1 Å². The molecular formula is C17H19F3N4O2S2. The van der Waals surface area contributed by atoms with Gasteiger partial charge in [0.25, 0.3) is 5.91 Å². The maximum Gasteiger partial charge on any atom is 0.447 e. The Labute approximate surface area is 168 Å². The molecule has 1 aliphatic rings. The van der Waals surface area contributed by atoms with Gasteiger partial charge in [0, 0.05) is 43.0 Å². The number of nitrogens with zero attached hydrogens (tertiary/aromatic N) is 3. The smallest absolute Gasteiger partial charge is 0.373 e. The van der Waals surface area contributed by atoms with Crippen molar-refractivity contribution in [2.24, 2.45) is 0 Å². The number of hydrogen-bond acceptors (Lipinski definition) is 7. The van der Waals surface area contributed by atoms with Crippen molar-refractivity contribution in [3.05, 3.63) is 35.0 Å². The molecule has 1 amide bonds. The van der Waals surface area contributed by atoms with E-state index in [2.05, 4.69) is 20.2 Å². The molecule has 152 valence electrons. The molecular weight excluding hydrogens is 413 g/mol. The summed E-state index contributed by atoms with van der Waals surface area (Å²) in [5.74, 6) is -0.672. The molecule has 1 N–H and O–H groups in total. The molecule has 0 radical (unpaired) electrons. The van der Waals surface area contributed by atoms with Crippen LogP contribution in [0.2, 0.25) is 0 Å². The van der Waals surface area contributed by atoms with Gasteiger partial charge in [-0.3, -0.25) is 15.0 Å². The summed E-state index contributed by atoms with van der Waals surface area (Å²) in [7, 11) is 0. The molecule has 3 rings (SSSR count). The molecule has 6 nitrogen and oxygen atoms in total. The van der Waals surface area contributed by atoms with Crippen LogP contribution < -0.4 is 5.32 Å². The fourth-order valence-corrected chi connectivity index (χ4v) is 4.30. The third-order valence-electron chi connectivity index (χ3n) is 3.88. The Hall–Kier alpha value is -1.69. The quantitative estimate of drug-likeness (QED) is 0.720. The second-order valence-corrected chi connectivity index (χ2v) is 8.37. The molecule has 3 heterocycles. The van der Waals surface area contributed by atoms with Gasteiger partial charge in [-0.25, -0.2) is 9.97 Å². The number of amides is 1. The first-order chi connectivity index (χ1) is 13.2. The number of carbonyl (C=O) groups excluding carboxylic acids is 1. The molecule has 1 aliphatic heterocycles. The third-order valence-corrected chi connectivity index (χ3v) is 5.44. The number of anilines is 1. The van der Waals surface area contributed by atoms with E-state index in [9.17, 15) is 18.0 Å². The van der Waals surface area contributed by atoms with Gasteiger partial charge in [0.15, 0.2) is 5.13 Å². The highest BCUT2D eigenvalue weighted by Gasteiger charge is 2.32. The lowest BCUT2D eigenvalue weighted by molar-refractivity contribution is -0.0707. The maximum atomic E-state index is 12.7. The minimum Gasteiger partial charge on any atom is -0.373 e. The van der Waals surface area contributed by atoms with Crippen LogP contribution in [0.4, 0.5) is 18.3 Å². The van der Waals surface area contributed by atoms with Crippen LogP contribution in [0.5, 0.6) is 0 Å². The number of alkyl halides is 3. The fourth-order valence-electron chi connectivity index (χ4n) is 3.00. The maximum absolute atomic E-state index is 12.7. The lowest BCUT2D eigenvalue weighted by Crippen LogP contribution is -2.44. The summed E-state index contributed by atoms with van der Waals surface area (Å²) in [5.41, 5.74) is -3.88. The van der Waals surface area contributed by atoms with Crippen molar-refractivity contribution in [3.8, 4) is 0 Å². The predicted molar refractivity (Wildman–Crippen MR) is 102 cm³/mol. The third kappa shape index (κ3) is 5.90. The Morgan fingerprint density at radius 3 is 2.79 bits per heavy atom. The largest absolute Gasteiger partial charge is 0.447 e. The van der Waals surface area contributed by atoms with E-state index in [-0.39, 0.29) is 22.8 Å². The van der Waals surface area contributed by atoms with Crippen LogP contribution in [-0.2, 0) is 11.3 Å². The summed E-state index contributed by atoms with van der Waals surface area (Å²) >= 11 is 0.819. The van der Waals surface area contributed by atoms with E-state index in [1.165, 1.54) is 29.7 Å². The number of halogens is 3. The van der Waals surface area contributed by atoms with E-state index in [1.54, 1.807) is 0 Å². The van der Waals surface area contributed by atoms with Crippen molar-refractivity contribution in [1.82, 2.24) is 14.9 Å². The zero-order chi connectivity index (χ0) is 20.3. The minimum absolute atomic E-state index is 0.136. The lowest BCUT2D eigenvalue weighted by atomic mass is 10.2. The van der Waals surface area contributed by atoms with E-state index < -0.39 is 23.2 Å². The van der Waals surface area contributed by atoms with E-state index in [0.717, 1.165) is 18.8 Å². The number of pyridine rings is 1. The van der Waals surface area contributed by atoms with Crippen molar-refractivity contribution in [1.29, 1.82) is 0 Å². The minimum atomic E-state index is -4.52. The summed E-state index contributed by atoms with van der Waals surface area (Å²) in [6, 6.07) is 2.73. The van der Waals surface area contributed by atoms with Gasteiger partial charge in [-0.15, -0.1) is 11.3 Å². The first-order valence-corrected chi connectivity index (χ1v) is 10.2. The Balaban J connectivity index is 1.65. The molecule has 2 aromatic heterocycles. The topological polar surface area (TPSA) is 67.4 Å². The van der Waals surface area contributed by atoms with Crippen LogP contribution in [-0.4, -0.2) is 51.6 Å². The van der Waals surface area contributed by atoms with Crippen LogP contribution in [0.3, 0.4) is 0 Å². The normalized spacial score (nSPS) is 20.9. The van der Waals surface area contributed by atoms with Crippen LogP contribution in [0.15, 0.2) is 28.7 Å². The Morgan fingerprint density at radius 1 is 1.39 bits per heavy atom. The van der Waals surface area contributed by atoms with Gasteiger partial charge in [-0.05, 0) is 26.0 Å². The van der Waals surface area contributed by atoms with Crippen LogP contribution in [0.1, 0.15) is 29.9 Å². The molecule has 0 spiro atoms.